The van der Waals surface area contributed by atoms with Gasteiger partial charge in [0, 0.05) is 37.1 Å². The van der Waals surface area contributed by atoms with Gasteiger partial charge in [-0.3, -0.25) is 14.9 Å². The van der Waals surface area contributed by atoms with Gasteiger partial charge in [0.05, 0.1) is 0 Å². The predicted molar refractivity (Wildman–Crippen MR) is 110 cm³/mol. The standard InChI is InChI=1S/C20H23N3O3S/c1-14-4-6-16(7-5-14)19(25)23-20(27)22-17-10-8-15(9-11-17)18(24)21-12-3-13-26-2/h4-11H,3,12-13H2,1-2H3,(H,21,24)(H2,22,23,25,27). The van der Waals surface area contributed by atoms with Crippen LogP contribution in [0.4, 0.5) is 5.69 Å². The zero-order valence-corrected chi connectivity index (χ0v) is 16.2. The van der Waals surface area contributed by atoms with Crippen LogP contribution in [0.1, 0.15) is 32.7 Å². The first kappa shape index (κ1) is 20.5. The minimum Gasteiger partial charge on any atom is -0.385 e. The van der Waals surface area contributed by atoms with E-state index in [0.29, 0.717) is 30.0 Å². The molecule has 2 aromatic carbocycles. The first-order chi connectivity index (χ1) is 13.0. The maximum atomic E-state index is 12.1. The van der Waals surface area contributed by atoms with Gasteiger partial charge in [0.1, 0.15) is 0 Å². The number of benzene rings is 2. The summed E-state index contributed by atoms with van der Waals surface area (Å²) in [6, 6.07) is 14.1. The molecule has 0 aliphatic rings. The van der Waals surface area contributed by atoms with Crippen LogP contribution in [0, 0.1) is 6.92 Å². The van der Waals surface area contributed by atoms with Crippen LogP contribution in [-0.4, -0.2) is 37.2 Å². The van der Waals surface area contributed by atoms with Crippen LogP contribution >= 0.6 is 12.2 Å². The monoisotopic (exact) mass is 385 g/mol. The zero-order chi connectivity index (χ0) is 19.6. The topological polar surface area (TPSA) is 79.5 Å². The van der Waals surface area contributed by atoms with Crippen molar-refractivity contribution in [2.45, 2.75) is 13.3 Å². The molecule has 7 heteroatoms. The van der Waals surface area contributed by atoms with Gasteiger partial charge in [0.2, 0.25) is 0 Å². The molecule has 0 bridgehead atoms. The number of thiocarbonyl (C=S) groups is 1. The molecule has 3 N–H and O–H groups in total. The third-order valence-electron chi connectivity index (χ3n) is 3.76. The van der Waals surface area contributed by atoms with Crippen molar-refractivity contribution >= 4 is 34.8 Å². The predicted octanol–water partition coefficient (Wildman–Crippen LogP) is 2.89. The lowest BCUT2D eigenvalue weighted by molar-refractivity contribution is 0.0946. The lowest BCUT2D eigenvalue weighted by Gasteiger charge is -2.10. The van der Waals surface area contributed by atoms with Crippen LogP contribution in [0.25, 0.3) is 0 Å². The normalized spacial score (nSPS) is 10.1. The molecule has 6 nitrogen and oxygen atoms in total. The van der Waals surface area contributed by atoms with Crippen molar-refractivity contribution in [1.29, 1.82) is 0 Å². The van der Waals surface area contributed by atoms with Crippen molar-refractivity contribution in [2.75, 3.05) is 25.6 Å². The molecule has 0 saturated carbocycles. The number of hydrogen-bond acceptors (Lipinski definition) is 4. The van der Waals surface area contributed by atoms with Gasteiger partial charge in [-0.1, -0.05) is 17.7 Å². The second-order valence-electron chi connectivity index (χ2n) is 5.95. The number of amides is 2. The maximum Gasteiger partial charge on any atom is 0.257 e. The van der Waals surface area contributed by atoms with E-state index in [9.17, 15) is 9.59 Å². The number of hydrogen-bond donors (Lipinski definition) is 3. The molecule has 0 heterocycles. The largest absolute Gasteiger partial charge is 0.385 e. The fourth-order valence-electron chi connectivity index (χ4n) is 2.27. The van der Waals surface area contributed by atoms with E-state index in [1.54, 1.807) is 43.5 Å². The quantitative estimate of drug-likeness (QED) is 0.505. The summed E-state index contributed by atoms with van der Waals surface area (Å²) in [5, 5.41) is 8.57. The van der Waals surface area contributed by atoms with Gasteiger partial charge in [0.25, 0.3) is 11.8 Å². The molecular formula is C20H23N3O3S. The number of methoxy groups -OCH3 is 1. The van der Waals surface area contributed by atoms with Gasteiger partial charge in [-0.05, 0) is 62.0 Å². The minimum atomic E-state index is -0.278. The molecule has 0 fully saturated rings. The van der Waals surface area contributed by atoms with Crippen molar-refractivity contribution < 1.29 is 14.3 Å². The first-order valence-electron chi connectivity index (χ1n) is 8.56. The second kappa shape index (κ2) is 10.4. The number of nitrogens with one attached hydrogen (secondary N) is 3. The molecular weight excluding hydrogens is 362 g/mol. The average molecular weight is 385 g/mol. The van der Waals surface area contributed by atoms with Crippen LogP contribution in [-0.2, 0) is 4.74 Å². The van der Waals surface area contributed by atoms with Crippen molar-refractivity contribution in [3.05, 3.63) is 65.2 Å². The van der Waals surface area contributed by atoms with Gasteiger partial charge in [-0.2, -0.15) is 0 Å². The fraction of sp³-hybridized carbons (Fsp3) is 0.250. The smallest absolute Gasteiger partial charge is 0.257 e. The third-order valence-corrected chi connectivity index (χ3v) is 3.96. The Labute approximate surface area is 164 Å². The number of aryl methyl sites for hydroxylation is 1. The van der Waals surface area contributed by atoms with E-state index in [2.05, 4.69) is 16.0 Å². The molecule has 0 saturated heterocycles. The van der Waals surface area contributed by atoms with E-state index < -0.39 is 0 Å². The summed E-state index contributed by atoms with van der Waals surface area (Å²) in [6.07, 6.45) is 0.761. The van der Waals surface area contributed by atoms with E-state index in [4.69, 9.17) is 17.0 Å². The molecule has 27 heavy (non-hydrogen) atoms. The Bertz CT molecular complexity index is 789. The van der Waals surface area contributed by atoms with Gasteiger partial charge in [-0.15, -0.1) is 0 Å². The molecule has 2 rings (SSSR count). The third kappa shape index (κ3) is 6.80. The molecule has 0 atom stereocenters. The van der Waals surface area contributed by atoms with Crippen LogP contribution in [0.2, 0.25) is 0 Å². The minimum absolute atomic E-state index is 0.145. The number of ether oxygens (including phenoxy) is 1. The van der Waals surface area contributed by atoms with E-state index in [1.165, 1.54) is 0 Å². The lowest BCUT2D eigenvalue weighted by atomic mass is 10.1. The molecule has 0 aromatic heterocycles. The van der Waals surface area contributed by atoms with Crippen LogP contribution in [0.3, 0.4) is 0 Å². The second-order valence-corrected chi connectivity index (χ2v) is 6.36. The van der Waals surface area contributed by atoms with Gasteiger partial charge >= 0.3 is 0 Å². The average Bonchev–Trinajstić information content (AvgIpc) is 2.66. The summed E-state index contributed by atoms with van der Waals surface area (Å²) in [5.41, 5.74) is 2.84. The Morgan fingerprint density at radius 1 is 0.963 bits per heavy atom. The molecule has 2 aromatic rings. The highest BCUT2D eigenvalue weighted by Crippen LogP contribution is 2.10. The molecule has 0 unspecified atom stereocenters. The van der Waals surface area contributed by atoms with Crippen molar-refractivity contribution in [2.24, 2.45) is 0 Å². The van der Waals surface area contributed by atoms with Crippen LogP contribution in [0.5, 0.6) is 0 Å². The molecule has 0 radical (unpaired) electrons. The summed E-state index contributed by atoms with van der Waals surface area (Å²) < 4.78 is 4.94. The number of anilines is 1. The number of carbonyl (C=O) groups is 2. The maximum absolute atomic E-state index is 12.1. The van der Waals surface area contributed by atoms with Crippen LogP contribution < -0.4 is 16.0 Å². The summed E-state index contributed by atoms with van der Waals surface area (Å²) in [7, 11) is 1.63. The molecule has 0 spiro atoms. The van der Waals surface area contributed by atoms with E-state index >= 15 is 0 Å². The number of rotatable bonds is 7. The molecule has 0 aliphatic carbocycles. The highest BCUT2D eigenvalue weighted by Gasteiger charge is 2.09. The Morgan fingerprint density at radius 2 is 1.56 bits per heavy atom. The van der Waals surface area contributed by atoms with E-state index in [0.717, 1.165) is 12.0 Å². The van der Waals surface area contributed by atoms with Crippen molar-refractivity contribution in [3.63, 3.8) is 0 Å². The Kier molecular flexibility index (Phi) is 7.91. The first-order valence-corrected chi connectivity index (χ1v) is 8.96. The van der Waals surface area contributed by atoms with Crippen molar-refractivity contribution in [3.8, 4) is 0 Å². The van der Waals surface area contributed by atoms with Gasteiger partial charge in [0.15, 0.2) is 5.11 Å². The van der Waals surface area contributed by atoms with Crippen LogP contribution in [0.15, 0.2) is 48.5 Å². The summed E-state index contributed by atoms with van der Waals surface area (Å²) in [6.45, 7) is 3.12. The van der Waals surface area contributed by atoms with Gasteiger partial charge < -0.3 is 15.4 Å². The fourth-order valence-corrected chi connectivity index (χ4v) is 2.48. The Hall–Kier alpha value is -2.77. The summed E-state index contributed by atoms with van der Waals surface area (Å²) >= 11 is 5.17. The van der Waals surface area contributed by atoms with E-state index in [1.807, 2.05) is 19.1 Å². The van der Waals surface area contributed by atoms with E-state index in [-0.39, 0.29) is 16.9 Å². The van der Waals surface area contributed by atoms with Crippen molar-refractivity contribution in [1.82, 2.24) is 10.6 Å². The Balaban J connectivity index is 1.84. The van der Waals surface area contributed by atoms with Gasteiger partial charge in [-0.25, -0.2) is 0 Å². The molecule has 142 valence electrons. The highest BCUT2D eigenvalue weighted by molar-refractivity contribution is 7.80. The highest BCUT2D eigenvalue weighted by atomic mass is 32.1. The Morgan fingerprint density at radius 3 is 2.19 bits per heavy atom. The number of carbonyl (C=O) groups excluding carboxylic acids is 2. The SMILES string of the molecule is COCCCNC(=O)c1ccc(NC(=S)NC(=O)c2ccc(C)cc2)cc1. The molecule has 0 aliphatic heterocycles. The summed E-state index contributed by atoms with van der Waals surface area (Å²) in [5.74, 6) is -0.424. The zero-order valence-electron chi connectivity index (χ0n) is 15.4. The molecule has 2 amide bonds. The summed E-state index contributed by atoms with van der Waals surface area (Å²) in [4.78, 5) is 24.2. The lowest BCUT2D eigenvalue weighted by Crippen LogP contribution is -2.34.